The van der Waals surface area contributed by atoms with E-state index < -0.39 is 10.5 Å². The number of primary amides is 2. The van der Waals surface area contributed by atoms with Gasteiger partial charge in [-0.05, 0) is 32.1 Å². The van der Waals surface area contributed by atoms with Gasteiger partial charge in [-0.15, -0.1) is 23.5 Å². The minimum atomic E-state index is -0.463. The van der Waals surface area contributed by atoms with Crippen LogP contribution in [0.1, 0.15) is 84.5 Å². The Balaban J connectivity index is 1.83. The molecule has 5 atom stereocenters. The number of amides is 6. The van der Waals surface area contributed by atoms with Crippen molar-refractivity contribution in [2.45, 2.75) is 111 Å². The Bertz CT molecular complexity index is 920. The molecule has 6 amide bonds. The number of imide groups is 2. The molecule has 0 bridgehead atoms. The molecule has 0 radical (unpaired) electrons. The summed E-state index contributed by atoms with van der Waals surface area (Å²) in [6.45, 7) is 4.69. The molecule has 4 N–H and O–H groups in total. The first kappa shape index (κ1) is 33.5. The van der Waals surface area contributed by atoms with Crippen molar-refractivity contribution in [2.24, 2.45) is 11.5 Å². The highest BCUT2D eigenvalue weighted by Crippen LogP contribution is 2.38. The van der Waals surface area contributed by atoms with Crippen LogP contribution in [0.25, 0.3) is 0 Å². The van der Waals surface area contributed by atoms with Gasteiger partial charge in [0.05, 0.1) is 10.5 Å². The zero-order chi connectivity index (χ0) is 29.1. The highest BCUT2D eigenvalue weighted by atomic mass is 32.2. The molecule has 2 heterocycles. The average molecular weight is 603 g/mol. The second-order valence-corrected chi connectivity index (χ2v) is 13.7. The number of carbonyl (C=O) groups is 6. The molecule has 0 spiro atoms. The number of hydrogen-bond donors (Lipinski definition) is 3. The van der Waals surface area contributed by atoms with Gasteiger partial charge in [-0.1, -0.05) is 26.7 Å². The first-order chi connectivity index (χ1) is 18.5. The van der Waals surface area contributed by atoms with E-state index in [9.17, 15) is 28.8 Å². The third kappa shape index (κ3) is 10.3. The van der Waals surface area contributed by atoms with Crippen molar-refractivity contribution in [1.29, 1.82) is 0 Å². The molecule has 0 aromatic rings. The SMILES string of the molecule is CCC(SC1CC(=O)N(CCCCCC(N)=O)C1=O)C(S)C(C)SC1CC(=O)N(CCCCCC(N)=O)C1=O. The molecule has 2 rings (SSSR count). The molecule has 0 aliphatic carbocycles. The summed E-state index contributed by atoms with van der Waals surface area (Å²) in [4.78, 5) is 75.2. The monoisotopic (exact) mass is 602 g/mol. The Hall–Kier alpha value is -1.73. The maximum Gasteiger partial charge on any atom is 0.242 e. The van der Waals surface area contributed by atoms with E-state index in [4.69, 9.17) is 24.1 Å². The van der Waals surface area contributed by atoms with Gasteiger partial charge in [0, 0.05) is 54.5 Å². The molecule has 2 aliphatic heterocycles. The van der Waals surface area contributed by atoms with Crippen LogP contribution in [-0.2, 0) is 28.8 Å². The summed E-state index contributed by atoms with van der Waals surface area (Å²) >= 11 is 7.76. The summed E-state index contributed by atoms with van der Waals surface area (Å²) < 4.78 is 0. The maximum atomic E-state index is 13.0. The van der Waals surface area contributed by atoms with Gasteiger partial charge >= 0.3 is 0 Å². The van der Waals surface area contributed by atoms with Crippen molar-refractivity contribution in [1.82, 2.24) is 9.80 Å². The number of hydrogen-bond acceptors (Lipinski definition) is 9. The summed E-state index contributed by atoms with van der Waals surface area (Å²) in [6, 6.07) is 0. The van der Waals surface area contributed by atoms with Crippen LogP contribution in [0, 0.1) is 0 Å². The summed E-state index contributed by atoms with van der Waals surface area (Å²) in [5.74, 6) is -1.42. The molecule has 2 fully saturated rings. The van der Waals surface area contributed by atoms with Crippen LogP contribution < -0.4 is 11.5 Å². The number of thioether (sulfide) groups is 2. The van der Waals surface area contributed by atoms with Crippen molar-refractivity contribution in [2.75, 3.05) is 13.1 Å². The molecule has 13 heteroatoms. The molecule has 5 unspecified atom stereocenters. The summed E-state index contributed by atoms with van der Waals surface area (Å²) in [5, 5.41) is -1.14. The molecule has 10 nitrogen and oxygen atoms in total. The van der Waals surface area contributed by atoms with Gasteiger partial charge in [-0.3, -0.25) is 38.6 Å². The Morgan fingerprint density at radius 2 is 1.26 bits per heavy atom. The number of unbranched alkanes of at least 4 members (excludes halogenated alkanes) is 4. The van der Waals surface area contributed by atoms with Gasteiger partial charge in [0.2, 0.25) is 35.4 Å². The van der Waals surface area contributed by atoms with E-state index in [-0.39, 0.29) is 64.0 Å². The largest absolute Gasteiger partial charge is 0.370 e. The van der Waals surface area contributed by atoms with E-state index >= 15 is 0 Å². The second-order valence-electron chi connectivity index (χ2n) is 10.1. The normalized spacial score (nSPS) is 22.0. The van der Waals surface area contributed by atoms with Crippen LogP contribution in [0.3, 0.4) is 0 Å². The van der Waals surface area contributed by atoms with E-state index in [1.807, 2.05) is 13.8 Å². The molecule has 220 valence electrons. The molecule has 2 aliphatic rings. The third-order valence-electron chi connectivity index (χ3n) is 7.00. The van der Waals surface area contributed by atoms with Gasteiger partial charge in [0.25, 0.3) is 0 Å². The van der Waals surface area contributed by atoms with Gasteiger partial charge in [0.1, 0.15) is 0 Å². The number of thiol groups is 1. The summed E-state index contributed by atoms with van der Waals surface area (Å²) in [6.07, 6.45) is 5.66. The van der Waals surface area contributed by atoms with Crippen LogP contribution in [0.5, 0.6) is 0 Å². The highest BCUT2D eigenvalue weighted by Gasteiger charge is 2.43. The smallest absolute Gasteiger partial charge is 0.242 e. The quantitative estimate of drug-likeness (QED) is 0.115. The minimum absolute atomic E-state index is 0.0123. The molecule has 0 aromatic heterocycles. The Morgan fingerprint density at radius 1 is 0.821 bits per heavy atom. The van der Waals surface area contributed by atoms with E-state index in [1.165, 1.54) is 33.3 Å². The zero-order valence-electron chi connectivity index (χ0n) is 22.8. The van der Waals surface area contributed by atoms with Crippen LogP contribution in [0.15, 0.2) is 0 Å². The van der Waals surface area contributed by atoms with E-state index in [0.29, 0.717) is 51.6 Å². The maximum absolute atomic E-state index is 13.0. The van der Waals surface area contributed by atoms with Crippen LogP contribution >= 0.6 is 36.2 Å². The van der Waals surface area contributed by atoms with Crippen molar-refractivity contribution in [3.05, 3.63) is 0 Å². The number of nitrogens with two attached hydrogens (primary N) is 2. The summed E-state index contributed by atoms with van der Waals surface area (Å²) in [7, 11) is 0. The van der Waals surface area contributed by atoms with Crippen molar-refractivity contribution >= 4 is 71.6 Å². The van der Waals surface area contributed by atoms with Crippen LogP contribution in [-0.4, -0.2) is 84.6 Å². The number of nitrogens with zero attached hydrogens (tertiary/aromatic N) is 2. The van der Waals surface area contributed by atoms with Crippen LogP contribution in [0.2, 0.25) is 0 Å². The molecule has 2 saturated heterocycles. The van der Waals surface area contributed by atoms with Gasteiger partial charge in [0.15, 0.2) is 0 Å². The predicted molar refractivity (Wildman–Crippen MR) is 157 cm³/mol. The van der Waals surface area contributed by atoms with E-state index in [1.54, 1.807) is 0 Å². The highest BCUT2D eigenvalue weighted by molar-refractivity contribution is 8.03. The molecule has 0 aromatic carbocycles. The van der Waals surface area contributed by atoms with Crippen LogP contribution in [0.4, 0.5) is 0 Å². The molecular weight excluding hydrogens is 561 g/mol. The fourth-order valence-electron chi connectivity index (χ4n) is 4.75. The minimum Gasteiger partial charge on any atom is -0.370 e. The first-order valence-corrected chi connectivity index (χ1v) is 16.1. The Morgan fingerprint density at radius 3 is 1.67 bits per heavy atom. The molecule has 39 heavy (non-hydrogen) atoms. The Kier molecular flexibility index (Phi) is 14.2. The first-order valence-electron chi connectivity index (χ1n) is 13.7. The lowest BCUT2D eigenvalue weighted by Gasteiger charge is -2.29. The number of likely N-dealkylation sites (tertiary alicyclic amines) is 2. The number of rotatable bonds is 19. The fourth-order valence-corrected chi connectivity index (χ4v) is 8.33. The van der Waals surface area contributed by atoms with Gasteiger partial charge in [-0.25, -0.2) is 0 Å². The Labute approximate surface area is 244 Å². The van der Waals surface area contributed by atoms with Crippen molar-refractivity contribution in [3.63, 3.8) is 0 Å². The second kappa shape index (κ2) is 16.5. The van der Waals surface area contributed by atoms with Crippen molar-refractivity contribution < 1.29 is 28.8 Å². The van der Waals surface area contributed by atoms with Gasteiger partial charge in [-0.2, -0.15) is 12.6 Å². The van der Waals surface area contributed by atoms with E-state index in [2.05, 4.69) is 0 Å². The van der Waals surface area contributed by atoms with Crippen molar-refractivity contribution in [3.8, 4) is 0 Å². The lowest BCUT2D eigenvalue weighted by molar-refractivity contribution is -0.139. The lowest BCUT2D eigenvalue weighted by atomic mass is 10.2. The van der Waals surface area contributed by atoms with Gasteiger partial charge < -0.3 is 11.5 Å². The fraction of sp³-hybridized carbons (Fsp3) is 0.769. The lowest BCUT2D eigenvalue weighted by Crippen LogP contribution is -2.35. The third-order valence-corrected chi connectivity index (χ3v) is 11.3. The molecule has 0 saturated carbocycles. The number of carbonyl (C=O) groups excluding carboxylic acids is 6. The average Bonchev–Trinajstić information content (AvgIpc) is 3.29. The predicted octanol–water partition coefficient (Wildman–Crippen LogP) is 2.26. The van der Waals surface area contributed by atoms with E-state index in [0.717, 1.165) is 19.3 Å². The topological polar surface area (TPSA) is 161 Å². The standard InChI is InChI=1S/C26H42N4O6S3/c1-3-17(39-19-15-23(34)30(26(19)36)13-9-5-7-11-21(28)32)24(37)16(2)38-18-14-22(33)29(25(18)35)12-8-4-6-10-20(27)31/h16-19,24,37H,3-15H2,1-2H3,(H2,27,31)(H2,28,32). The summed E-state index contributed by atoms with van der Waals surface area (Å²) in [5.41, 5.74) is 10.3. The molecular formula is C26H42N4O6S3. The zero-order valence-corrected chi connectivity index (χ0v) is 25.4.